The van der Waals surface area contributed by atoms with Gasteiger partial charge in [0.1, 0.15) is 0 Å². The summed E-state index contributed by atoms with van der Waals surface area (Å²) in [5.41, 5.74) is 2.11. The Balaban J connectivity index is 2.60. The Bertz CT molecular complexity index is 462. The molecule has 1 unspecified atom stereocenters. The molecule has 0 spiro atoms. The van der Waals surface area contributed by atoms with E-state index in [2.05, 4.69) is 33.8 Å². The largest absolute Gasteiger partial charge is 0.504 e. The second-order valence-corrected chi connectivity index (χ2v) is 6.43. The molecule has 1 aromatic carbocycles. The molecule has 0 amide bonds. The molecule has 2 N–H and O–H groups in total. The first-order valence-corrected chi connectivity index (χ1v) is 6.87. The number of aromatic hydroxyl groups is 2. The molecule has 100 valence electrons. The number of phenols is 2. The summed E-state index contributed by atoms with van der Waals surface area (Å²) >= 11 is 0. The summed E-state index contributed by atoms with van der Waals surface area (Å²) in [4.78, 5) is 0. The Labute approximate surface area is 110 Å². The van der Waals surface area contributed by atoms with Crippen molar-refractivity contribution in [3.63, 3.8) is 0 Å². The maximum Gasteiger partial charge on any atom is 0.161 e. The summed E-state index contributed by atoms with van der Waals surface area (Å²) in [6, 6.07) is 3.74. The van der Waals surface area contributed by atoms with Gasteiger partial charge >= 0.3 is 0 Å². The van der Waals surface area contributed by atoms with Crippen molar-refractivity contribution in [1.29, 1.82) is 0 Å². The van der Waals surface area contributed by atoms with E-state index in [0.29, 0.717) is 0 Å². The molecule has 0 radical (unpaired) electrons. The molecule has 1 atom stereocenters. The smallest absolute Gasteiger partial charge is 0.161 e. The number of benzene rings is 1. The Morgan fingerprint density at radius 1 is 1.11 bits per heavy atom. The Hall–Kier alpha value is -1.18. The van der Waals surface area contributed by atoms with Gasteiger partial charge in [0.05, 0.1) is 0 Å². The van der Waals surface area contributed by atoms with Gasteiger partial charge in [0.2, 0.25) is 0 Å². The van der Waals surface area contributed by atoms with Crippen LogP contribution < -0.4 is 0 Å². The van der Waals surface area contributed by atoms with Crippen molar-refractivity contribution in [1.82, 2.24) is 0 Å². The first-order valence-electron chi connectivity index (χ1n) is 6.87. The third-order valence-corrected chi connectivity index (χ3v) is 5.12. The lowest BCUT2D eigenvalue weighted by Gasteiger charge is -2.39. The van der Waals surface area contributed by atoms with Crippen LogP contribution in [-0.2, 0) is 11.8 Å². The molecule has 1 fully saturated rings. The minimum Gasteiger partial charge on any atom is -0.504 e. The number of aryl methyl sites for hydroxylation is 1. The Morgan fingerprint density at radius 2 is 1.78 bits per heavy atom. The molecule has 0 aromatic heterocycles. The minimum atomic E-state index is -0.0558. The van der Waals surface area contributed by atoms with Gasteiger partial charge in [0.15, 0.2) is 11.5 Å². The van der Waals surface area contributed by atoms with Crippen LogP contribution in [0.3, 0.4) is 0 Å². The van der Waals surface area contributed by atoms with Crippen molar-refractivity contribution < 1.29 is 10.2 Å². The van der Waals surface area contributed by atoms with E-state index in [1.54, 1.807) is 6.07 Å². The van der Waals surface area contributed by atoms with Gasteiger partial charge in [-0.25, -0.2) is 0 Å². The van der Waals surface area contributed by atoms with E-state index in [1.807, 2.05) is 0 Å². The molecular weight excluding hydrogens is 224 g/mol. The summed E-state index contributed by atoms with van der Waals surface area (Å²) in [7, 11) is 0. The molecule has 0 saturated heterocycles. The highest BCUT2D eigenvalue weighted by molar-refractivity contribution is 5.52. The highest BCUT2D eigenvalue weighted by Crippen LogP contribution is 2.56. The van der Waals surface area contributed by atoms with Gasteiger partial charge in [-0.05, 0) is 36.3 Å². The van der Waals surface area contributed by atoms with Crippen LogP contribution in [0.1, 0.15) is 58.1 Å². The summed E-state index contributed by atoms with van der Waals surface area (Å²) in [5, 5.41) is 20.1. The summed E-state index contributed by atoms with van der Waals surface area (Å²) in [6.07, 6.45) is 4.29. The maximum atomic E-state index is 10.2. The zero-order chi connectivity index (χ0) is 13.6. The molecule has 1 aliphatic rings. The predicted octanol–water partition coefficient (Wildman–Crippen LogP) is 4.13. The van der Waals surface area contributed by atoms with Crippen LogP contribution in [0.4, 0.5) is 0 Å². The lowest BCUT2D eigenvalue weighted by atomic mass is 9.65. The second-order valence-electron chi connectivity index (χ2n) is 6.43. The number of hydrogen-bond donors (Lipinski definition) is 2. The number of rotatable bonds is 2. The SMILES string of the molecule is CCc1cc(O)c(O)c(C2(C)CCCC2(C)C)c1. The van der Waals surface area contributed by atoms with E-state index >= 15 is 0 Å². The van der Waals surface area contributed by atoms with Crippen molar-refractivity contribution in [2.75, 3.05) is 0 Å². The van der Waals surface area contributed by atoms with E-state index in [4.69, 9.17) is 0 Å². The van der Waals surface area contributed by atoms with Gasteiger partial charge in [-0.15, -0.1) is 0 Å². The zero-order valence-corrected chi connectivity index (χ0v) is 11.9. The van der Waals surface area contributed by atoms with Crippen LogP contribution in [-0.4, -0.2) is 10.2 Å². The summed E-state index contributed by atoms with van der Waals surface area (Å²) < 4.78 is 0. The first kappa shape index (κ1) is 13.3. The molecular formula is C16H24O2. The molecule has 2 nitrogen and oxygen atoms in total. The monoisotopic (exact) mass is 248 g/mol. The zero-order valence-electron chi connectivity index (χ0n) is 11.9. The molecule has 2 heteroatoms. The summed E-state index contributed by atoms with van der Waals surface area (Å²) in [6.45, 7) is 8.80. The van der Waals surface area contributed by atoms with Crippen LogP contribution in [0.15, 0.2) is 12.1 Å². The van der Waals surface area contributed by atoms with Crippen LogP contribution in [0.25, 0.3) is 0 Å². The standard InChI is InChI=1S/C16H24O2/c1-5-11-9-12(14(18)13(17)10-11)16(4)8-6-7-15(16,2)3/h9-10,17-18H,5-8H2,1-4H3. The average molecular weight is 248 g/mol. The van der Waals surface area contributed by atoms with Gasteiger partial charge < -0.3 is 10.2 Å². The predicted molar refractivity (Wildman–Crippen MR) is 74.1 cm³/mol. The van der Waals surface area contributed by atoms with Crippen LogP contribution in [0.5, 0.6) is 11.5 Å². The number of phenolic OH excluding ortho intramolecular Hbond substituents is 2. The van der Waals surface area contributed by atoms with Gasteiger partial charge in [-0.3, -0.25) is 0 Å². The Morgan fingerprint density at radius 3 is 2.28 bits per heavy atom. The fourth-order valence-electron chi connectivity index (χ4n) is 3.30. The maximum absolute atomic E-state index is 10.2. The van der Waals surface area contributed by atoms with Gasteiger partial charge in [-0.2, -0.15) is 0 Å². The molecule has 0 aliphatic heterocycles. The molecule has 1 saturated carbocycles. The van der Waals surface area contributed by atoms with Gasteiger partial charge in [-0.1, -0.05) is 40.2 Å². The summed E-state index contributed by atoms with van der Waals surface area (Å²) in [5.74, 6) is 0.0953. The number of hydrogen-bond acceptors (Lipinski definition) is 2. The Kier molecular flexibility index (Phi) is 3.08. The normalized spacial score (nSPS) is 26.4. The van der Waals surface area contributed by atoms with Crippen LogP contribution in [0.2, 0.25) is 0 Å². The third kappa shape index (κ3) is 1.79. The van der Waals surface area contributed by atoms with Crippen molar-refractivity contribution in [2.24, 2.45) is 5.41 Å². The molecule has 18 heavy (non-hydrogen) atoms. The van der Waals surface area contributed by atoms with Gasteiger partial charge in [0.25, 0.3) is 0 Å². The van der Waals surface area contributed by atoms with Crippen molar-refractivity contribution >= 4 is 0 Å². The van der Waals surface area contributed by atoms with E-state index in [1.165, 1.54) is 12.8 Å². The van der Waals surface area contributed by atoms with Gasteiger partial charge in [0, 0.05) is 11.0 Å². The lowest BCUT2D eigenvalue weighted by Crippen LogP contribution is -2.34. The van der Waals surface area contributed by atoms with Crippen molar-refractivity contribution in [3.05, 3.63) is 23.3 Å². The fraction of sp³-hybridized carbons (Fsp3) is 0.625. The van der Waals surface area contributed by atoms with Crippen molar-refractivity contribution in [2.45, 2.75) is 58.8 Å². The molecule has 1 aromatic rings. The van der Waals surface area contributed by atoms with E-state index in [0.717, 1.165) is 24.0 Å². The van der Waals surface area contributed by atoms with E-state index in [9.17, 15) is 10.2 Å². The highest BCUT2D eigenvalue weighted by Gasteiger charge is 2.47. The van der Waals surface area contributed by atoms with E-state index < -0.39 is 0 Å². The second kappa shape index (κ2) is 4.18. The van der Waals surface area contributed by atoms with Crippen molar-refractivity contribution in [3.8, 4) is 11.5 Å². The van der Waals surface area contributed by atoms with E-state index in [-0.39, 0.29) is 22.3 Å². The van der Waals surface area contributed by atoms with Crippen LogP contribution in [0, 0.1) is 5.41 Å². The third-order valence-electron chi connectivity index (χ3n) is 5.12. The average Bonchev–Trinajstić information content (AvgIpc) is 2.58. The lowest BCUT2D eigenvalue weighted by molar-refractivity contribution is 0.217. The molecule has 0 heterocycles. The molecule has 2 rings (SSSR count). The van der Waals surface area contributed by atoms with Crippen LogP contribution >= 0.6 is 0 Å². The first-order chi connectivity index (χ1) is 8.32. The molecule has 1 aliphatic carbocycles. The topological polar surface area (TPSA) is 40.5 Å². The quantitative estimate of drug-likeness (QED) is 0.773. The molecule has 0 bridgehead atoms. The minimum absolute atomic E-state index is 0.0216. The fourth-order valence-corrected chi connectivity index (χ4v) is 3.30. The highest BCUT2D eigenvalue weighted by atomic mass is 16.3.